The number of hydrogen-bond acceptors (Lipinski definition) is 3. The van der Waals surface area contributed by atoms with E-state index in [-0.39, 0.29) is 6.54 Å². The standard InChI is InChI=1S/C12H15NO2S/c13-7-11(12(14)15)8-1-3-9(4-2-8)16-10-5-6-10/h1-4,10-11H,5-7,13H2,(H,14,15). The summed E-state index contributed by atoms with van der Waals surface area (Å²) in [6, 6.07) is 7.72. The summed E-state index contributed by atoms with van der Waals surface area (Å²) in [6.45, 7) is 0.143. The van der Waals surface area contributed by atoms with Crippen LogP contribution in [0.3, 0.4) is 0 Å². The van der Waals surface area contributed by atoms with Crippen molar-refractivity contribution < 1.29 is 9.90 Å². The second kappa shape index (κ2) is 4.89. The SMILES string of the molecule is NCC(C(=O)O)c1ccc(SC2CC2)cc1. The molecule has 4 heteroatoms. The highest BCUT2D eigenvalue weighted by Crippen LogP contribution is 2.39. The van der Waals surface area contributed by atoms with E-state index in [1.165, 1.54) is 17.7 Å². The first kappa shape index (κ1) is 11.5. The van der Waals surface area contributed by atoms with Gasteiger partial charge in [0.25, 0.3) is 0 Å². The summed E-state index contributed by atoms with van der Waals surface area (Å²) in [6.07, 6.45) is 2.60. The van der Waals surface area contributed by atoms with Crippen LogP contribution in [0.4, 0.5) is 0 Å². The van der Waals surface area contributed by atoms with Crippen molar-refractivity contribution in [1.29, 1.82) is 0 Å². The minimum absolute atomic E-state index is 0.143. The highest BCUT2D eigenvalue weighted by atomic mass is 32.2. The molecule has 0 spiro atoms. The van der Waals surface area contributed by atoms with Crippen LogP contribution in [0.1, 0.15) is 24.3 Å². The molecular formula is C12H15NO2S. The summed E-state index contributed by atoms with van der Waals surface area (Å²) in [5.74, 6) is -1.44. The second-order valence-corrected chi connectivity index (χ2v) is 5.39. The number of benzene rings is 1. The summed E-state index contributed by atoms with van der Waals surface area (Å²) < 4.78 is 0. The van der Waals surface area contributed by atoms with Crippen LogP contribution < -0.4 is 5.73 Å². The maximum absolute atomic E-state index is 10.9. The van der Waals surface area contributed by atoms with Gasteiger partial charge in [0, 0.05) is 16.7 Å². The summed E-state index contributed by atoms with van der Waals surface area (Å²) >= 11 is 1.87. The number of thioether (sulfide) groups is 1. The lowest BCUT2D eigenvalue weighted by molar-refractivity contribution is -0.138. The summed E-state index contributed by atoms with van der Waals surface area (Å²) in [5.41, 5.74) is 6.24. The van der Waals surface area contributed by atoms with Gasteiger partial charge in [-0.05, 0) is 30.5 Å². The van der Waals surface area contributed by atoms with Gasteiger partial charge in [0.05, 0.1) is 5.92 Å². The van der Waals surface area contributed by atoms with Crippen molar-refractivity contribution in [3.63, 3.8) is 0 Å². The molecule has 1 aliphatic carbocycles. The Morgan fingerprint density at radius 2 is 2.06 bits per heavy atom. The van der Waals surface area contributed by atoms with E-state index in [1.54, 1.807) is 0 Å². The van der Waals surface area contributed by atoms with Crippen LogP contribution >= 0.6 is 11.8 Å². The van der Waals surface area contributed by atoms with Gasteiger partial charge in [-0.15, -0.1) is 11.8 Å². The molecule has 0 heterocycles. The molecule has 0 saturated heterocycles. The van der Waals surface area contributed by atoms with E-state index in [4.69, 9.17) is 10.8 Å². The highest BCUT2D eigenvalue weighted by molar-refractivity contribution is 8.00. The first-order valence-electron chi connectivity index (χ1n) is 5.40. The summed E-state index contributed by atoms with van der Waals surface area (Å²) in [5, 5.41) is 9.74. The zero-order chi connectivity index (χ0) is 11.5. The van der Waals surface area contributed by atoms with Crippen molar-refractivity contribution in [3.8, 4) is 0 Å². The number of aliphatic carboxylic acids is 1. The zero-order valence-electron chi connectivity index (χ0n) is 8.93. The van der Waals surface area contributed by atoms with Gasteiger partial charge < -0.3 is 10.8 Å². The fourth-order valence-electron chi connectivity index (χ4n) is 1.54. The molecule has 3 nitrogen and oxygen atoms in total. The van der Waals surface area contributed by atoms with E-state index < -0.39 is 11.9 Å². The highest BCUT2D eigenvalue weighted by Gasteiger charge is 2.23. The van der Waals surface area contributed by atoms with Crippen molar-refractivity contribution in [2.45, 2.75) is 28.9 Å². The second-order valence-electron chi connectivity index (χ2n) is 4.01. The third kappa shape index (κ3) is 2.77. The van der Waals surface area contributed by atoms with Gasteiger partial charge in [-0.3, -0.25) is 4.79 Å². The maximum atomic E-state index is 10.9. The van der Waals surface area contributed by atoms with Crippen LogP contribution in [0, 0.1) is 0 Å². The number of hydrogen-bond donors (Lipinski definition) is 2. The third-order valence-corrected chi connectivity index (χ3v) is 3.99. The molecule has 1 atom stereocenters. The van der Waals surface area contributed by atoms with Crippen LogP contribution in [0.5, 0.6) is 0 Å². The van der Waals surface area contributed by atoms with Crippen LogP contribution in [-0.4, -0.2) is 22.9 Å². The van der Waals surface area contributed by atoms with Crippen molar-refractivity contribution >= 4 is 17.7 Å². The lowest BCUT2D eigenvalue weighted by atomic mass is 10.00. The molecule has 1 aliphatic rings. The molecule has 1 unspecified atom stereocenters. The number of carbonyl (C=O) groups is 1. The molecule has 3 N–H and O–H groups in total. The van der Waals surface area contributed by atoms with Gasteiger partial charge in [-0.1, -0.05) is 12.1 Å². The van der Waals surface area contributed by atoms with E-state index >= 15 is 0 Å². The predicted octanol–water partition coefficient (Wildman–Crippen LogP) is 2.07. The topological polar surface area (TPSA) is 63.3 Å². The Morgan fingerprint density at radius 3 is 2.50 bits per heavy atom. The Bertz CT molecular complexity index is 373. The number of carboxylic acids is 1. The van der Waals surface area contributed by atoms with Crippen molar-refractivity contribution in [2.24, 2.45) is 5.73 Å². The predicted molar refractivity (Wildman–Crippen MR) is 64.8 cm³/mol. The monoisotopic (exact) mass is 237 g/mol. The minimum Gasteiger partial charge on any atom is -0.481 e. The zero-order valence-corrected chi connectivity index (χ0v) is 9.74. The number of nitrogens with two attached hydrogens (primary N) is 1. The van der Waals surface area contributed by atoms with Crippen molar-refractivity contribution in [3.05, 3.63) is 29.8 Å². The summed E-state index contributed by atoms with van der Waals surface area (Å²) in [7, 11) is 0. The molecule has 0 aliphatic heterocycles. The summed E-state index contributed by atoms with van der Waals surface area (Å²) in [4.78, 5) is 12.1. The normalized spacial score (nSPS) is 17.1. The molecule has 0 amide bonds. The van der Waals surface area contributed by atoms with Crippen LogP contribution in [0.25, 0.3) is 0 Å². The molecule has 2 rings (SSSR count). The molecule has 0 radical (unpaired) electrons. The van der Waals surface area contributed by atoms with Crippen LogP contribution in [0.15, 0.2) is 29.2 Å². The van der Waals surface area contributed by atoms with Crippen molar-refractivity contribution in [1.82, 2.24) is 0 Å². The van der Waals surface area contributed by atoms with Gasteiger partial charge in [0.2, 0.25) is 0 Å². The lowest BCUT2D eigenvalue weighted by Crippen LogP contribution is -2.20. The molecule has 86 valence electrons. The molecule has 1 saturated carbocycles. The smallest absolute Gasteiger partial charge is 0.312 e. The van der Waals surface area contributed by atoms with Gasteiger partial charge in [0.1, 0.15) is 0 Å². The average Bonchev–Trinajstić information content (AvgIpc) is 3.05. The molecule has 0 aromatic heterocycles. The van der Waals surface area contributed by atoms with Gasteiger partial charge in [-0.2, -0.15) is 0 Å². The van der Waals surface area contributed by atoms with E-state index in [0.717, 1.165) is 10.8 Å². The van der Waals surface area contributed by atoms with Gasteiger partial charge >= 0.3 is 5.97 Å². The Balaban J connectivity index is 2.07. The van der Waals surface area contributed by atoms with Crippen LogP contribution in [-0.2, 0) is 4.79 Å². The average molecular weight is 237 g/mol. The van der Waals surface area contributed by atoms with Gasteiger partial charge in [-0.25, -0.2) is 0 Å². The van der Waals surface area contributed by atoms with Crippen molar-refractivity contribution in [2.75, 3.05) is 6.54 Å². The first-order chi connectivity index (χ1) is 7.70. The first-order valence-corrected chi connectivity index (χ1v) is 6.28. The Hall–Kier alpha value is -1.00. The maximum Gasteiger partial charge on any atom is 0.312 e. The third-order valence-electron chi connectivity index (χ3n) is 2.64. The van der Waals surface area contributed by atoms with E-state index in [2.05, 4.69) is 0 Å². The lowest BCUT2D eigenvalue weighted by Gasteiger charge is -2.10. The Morgan fingerprint density at radius 1 is 1.44 bits per heavy atom. The fraction of sp³-hybridized carbons (Fsp3) is 0.417. The van der Waals surface area contributed by atoms with E-state index in [9.17, 15) is 4.79 Å². The van der Waals surface area contributed by atoms with E-state index in [1.807, 2.05) is 36.0 Å². The number of carboxylic acid groups (broad SMARTS) is 1. The Labute approximate surface area is 99.0 Å². The number of rotatable bonds is 5. The van der Waals surface area contributed by atoms with Crippen LogP contribution in [0.2, 0.25) is 0 Å². The minimum atomic E-state index is -0.856. The molecule has 16 heavy (non-hydrogen) atoms. The molecular weight excluding hydrogens is 222 g/mol. The molecule has 0 bridgehead atoms. The van der Waals surface area contributed by atoms with E-state index in [0.29, 0.717) is 0 Å². The quantitative estimate of drug-likeness (QED) is 0.823. The molecule has 1 fully saturated rings. The molecule has 1 aromatic rings. The van der Waals surface area contributed by atoms with Gasteiger partial charge in [0.15, 0.2) is 0 Å². The fourth-order valence-corrected chi connectivity index (χ4v) is 2.59. The molecule has 1 aromatic carbocycles. The largest absolute Gasteiger partial charge is 0.481 e. The Kier molecular flexibility index (Phi) is 3.51.